The molecule has 0 aromatic rings. The zero-order valence-electron chi connectivity index (χ0n) is 5.15. The fourth-order valence-corrected chi connectivity index (χ4v) is 1.55. The summed E-state index contributed by atoms with van der Waals surface area (Å²) >= 11 is 0. The molecule has 2 nitrogen and oxygen atoms in total. The minimum absolute atomic E-state index is 0.824. The van der Waals surface area contributed by atoms with Gasteiger partial charge in [-0.25, -0.2) is 0 Å². The Morgan fingerprint density at radius 1 is 1.75 bits per heavy atom. The number of nitrogens with one attached hydrogen (secondary N) is 1. The summed E-state index contributed by atoms with van der Waals surface area (Å²) in [6.45, 7) is 2.37. The van der Waals surface area contributed by atoms with Gasteiger partial charge in [0.1, 0.15) is 0 Å². The topological polar surface area (TPSA) is 15.3 Å². The molecule has 2 rings (SSSR count). The Kier molecular flexibility index (Phi) is 0.866. The molecule has 0 aromatic carbocycles. The third-order valence-corrected chi connectivity index (χ3v) is 2.13. The molecular formula is C6H11N2. The molecule has 1 radical (unpaired) electrons. The first-order chi connectivity index (χ1) is 3.86. The second kappa shape index (κ2) is 1.45. The largest absolute Gasteiger partial charge is 0.307 e. The van der Waals surface area contributed by atoms with Gasteiger partial charge >= 0.3 is 0 Å². The Morgan fingerprint density at radius 2 is 2.62 bits per heavy atom. The SMILES string of the molecule is CN1C[C]2C[C@H]1CN2. The van der Waals surface area contributed by atoms with Crippen LogP contribution in [0, 0.1) is 6.04 Å². The van der Waals surface area contributed by atoms with Gasteiger partial charge in [-0.3, -0.25) is 0 Å². The van der Waals surface area contributed by atoms with E-state index in [0.717, 1.165) is 6.04 Å². The van der Waals surface area contributed by atoms with Crippen LogP contribution in [0.1, 0.15) is 6.42 Å². The molecule has 2 heteroatoms. The summed E-state index contributed by atoms with van der Waals surface area (Å²) in [5, 5.41) is 3.36. The number of hydrogen-bond acceptors (Lipinski definition) is 2. The minimum Gasteiger partial charge on any atom is -0.307 e. The maximum atomic E-state index is 3.36. The first-order valence-electron chi connectivity index (χ1n) is 3.15. The molecule has 2 heterocycles. The minimum atomic E-state index is 0.824. The van der Waals surface area contributed by atoms with Gasteiger partial charge in [0.05, 0.1) is 6.04 Å². The molecule has 1 atom stereocenters. The molecule has 45 valence electrons. The molecule has 0 spiro atoms. The number of likely N-dealkylation sites (N-methyl/N-ethyl adjacent to an activating group) is 1. The smallest absolute Gasteiger partial charge is 0.0522 e. The maximum Gasteiger partial charge on any atom is 0.0522 e. The average Bonchev–Trinajstić information content (AvgIpc) is 2.23. The molecule has 1 N–H and O–H groups in total. The fourth-order valence-electron chi connectivity index (χ4n) is 1.55. The molecule has 2 saturated heterocycles. The Morgan fingerprint density at radius 3 is 2.88 bits per heavy atom. The van der Waals surface area contributed by atoms with Crippen molar-refractivity contribution >= 4 is 0 Å². The van der Waals surface area contributed by atoms with Crippen LogP contribution in [0.4, 0.5) is 0 Å². The van der Waals surface area contributed by atoms with E-state index in [1.54, 1.807) is 0 Å². The van der Waals surface area contributed by atoms with Crippen LogP contribution in [0.5, 0.6) is 0 Å². The second-order valence-corrected chi connectivity index (χ2v) is 2.76. The van der Waals surface area contributed by atoms with Crippen LogP contribution in [0.25, 0.3) is 0 Å². The molecule has 2 fully saturated rings. The van der Waals surface area contributed by atoms with Crippen LogP contribution in [0.2, 0.25) is 0 Å². The van der Waals surface area contributed by atoms with E-state index in [1.807, 2.05) is 0 Å². The van der Waals surface area contributed by atoms with E-state index in [-0.39, 0.29) is 0 Å². The van der Waals surface area contributed by atoms with Crippen molar-refractivity contribution in [3.63, 3.8) is 0 Å². The number of fused-ring (bicyclic) bond motifs is 2. The van der Waals surface area contributed by atoms with Crippen LogP contribution < -0.4 is 5.32 Å². The maximum absolute atomic E-state index is 3.36. The Balaban J connectivity index is 2.11. The zero-order valence-corrected chi connectivity index (χ0v) is 5.15. The van der Waals surface area contributed by atoms with E-state index in [4.69, 9.17) is 0 Å². The van der Waals surface area contributed by atoms with Gasteiger partial charge in [0.25, 0.3) is 0 Å². The number of piperazine rings is 1. The van der Waals surface area contributed by atoms with Gasteiger partial charge in [0.2, 0.25) is 0 Å². The molecule has 8 heavy (non-hydrogen) atoms. The second-order valence-electron chi connectivity index (χ2n) is 2.76. The average molecular weight is 111 g/mol. The highest BCUT2D eigenvalue weighted by atomic mass is 15.3. The van der Waals surface area contributed by atoms with Gasteiger partial charge < -0.3 is 10.2 Å². The molecule has 2 bridgehead atoms. The number of hydrogen-bond donors (Lipinski definition) is 1. The molecule has 0 amide bonds. The monoisotopic (exact) mass is 111 g/mol. The van der Waals surface area contributed by atoms with Crippen molar-refractivity contribution in [1.82, 2.24) is 10.2 Å². The summed E-state index contributed by atoms with van der Waals surface area (Å²) in [5.41, 5.74) is 0. The molecule has 2 aliphatic rings. The fraction of sp³-hybridized carbons (Fsp3) is 0.833. The molecule has 0 saturated carbocycles. The van der Waals surface area contributed by atoms with E-state index < -0.39 is 0 Å². The number of nitrogens with zero attached hydrogens (tertiary/aromatic N) is 1. The first-order valence-corrected chi connectivity index (χ1v) is 3.15. The number of rotatable bonds is 0. The standard InChI is InChI=1S/C6H11N2/c1-8-4-5-2-6(8)3-7-5/h6-7H,2-4H2,1H3/t6-/m0/s1. The van der Waals surface area contributed by atoms with Gasteiger partial charge in [-0.1, -0.05) is 0 Å². The van der Waals surface area contributed by atoms with E-state index in [2.05, 4.69) is 17.3 Å². The van der Waals surface area contributed by atoms with Crippen LogP contribution in [0.15, 0.2) is 0 Å². The van der Waals surface area contributed by atoms with Crippen molar-refractivity contribution in [2.75, 3.05) is 20.1 Å². The highest BCUT2D eigenvalue weighted by Gasteiger charge is 2.35. The highest BCUT2D eigenvalue weighted by molar-refractivity contribution is 5.08. The summed E-state index contributed by atoms with van der Waals surface area (Å²) in [5.74, 6) is 0. The summed E-state index contributed by atoms with van der Waals surface area (Å²) in [7, 11) is 2.19. The van der Waals surface area contributed by atoms with Crippen LogP contribution in [-0.4, -0.2) is 31.1 Å². The molecule has 0 unspecified atom stereocenters. The van der Waals surface area contributed by atoms with Crippen LogP contribution >= 0.6 is 0 Å². The quantitative estimate of drug-likeness (QED) is 0.466. The van der Waals surface area contributed by atoms with Gasteiger partial charge in [-0.2, -0.15) is 0 Å². The summed E-state index contributed by atoms with van der Waals surface area (Å²) in [6.07, 6.45) is 1.30. The Labute approximate surface area is 49.9 Å². The van der Waals surface area contributed by atoms with Crippen LogP contribution in [-0.2, 0) is 0 Å². The highest BCUT2D eigenvalue weighted by Crippen LogP contribution is 2.25. The summed E-state index contributed by atoms with van der Waals surface area (Å²) in [4.78, 5) is 2.41. The first kappa shape index (κ1) is 4.77. The predicted molar refractivity (Wildman–Crippen MR) is 32.3 cm³/mol. The molecule has 0 aliphatic carbocycles. The van der Waals surface area contributed by atoms with E-state index in [0.29, 0.717) is 0 Å². The normalized spacial score (nSPS) is 39.4. The lowest BCUT2D eigenvalue weighted by atomic mass is 10.2. The lowest BCUT2D eigenvalue weighted by Gasteiger charge is -2.21. The van der Waals surface area contributed by atoms with E-state index in [9.17, 15) is 0 Å². The zero-order chi connectivity index (χ0) is 5.56. The third-order valence-electron chi connectivity index (χ3n) is 2.13. The van der Waals surface area contributed by atoms with Gasteiger partial charge in [-0.05, 0) is 13.5 Å². The summed E-state index contributed by atoms with van der Waals surface area (Å²) in [6, 6.07) is 2.36. The third kappa shape index (κ3) is 0.501. The Hall–Kier alpha value is -0.0800. The van der Waals surface area contributed by atoms with E-state index >= 15 is 0 Å². The van der Waals surface area contributed by atoms with Crippen LogP contribution in [0.3, 0.4) is 0 Å². The molecule has 2 aliphatic heterocycles. The van der Waals surface area contributed by atoms with Crippen molar-refractivity contribution in [2.45, 2.75) is 12.5 Å². The van der Waals surface area contributed by atoms with Crippen molar-refractivity contribution < 1.29 is 0 Å². The molecular weight excluding hydrogens is 100 g/mol. The van der Waals surface area contributed by atoms with Crippen molar-refractivity contribution in [1.29, 1.82) is 0 Å². The Bertz CT molecular complexity index is 101. The lowest BCUT2D eigenvalue weighted by Crippen LogP contribution is -2.38. The van der Waals surface area contributed by atoms with Crippen molar-refractivity contribution in [3.05, 3.63) is 6.04 Å². The molecule has 0 aromatic heterocycles. The van der Waals surface area contributed by atoms with Gasteiger partial charge in [0.15, 0.2) is 0 Å². The van der Waals surface area contributed by atoms with Gasteiger partial charge in [0, 0.05) is 19.1 Å². The van der Waals surface area contributed by atoms with Crippen molar-refractivity contribution in [3.8, 4) is 0 Å². The van der Waals surface area contributed by atoms with Crippen molar-refractivity contribution in [2.24, 2.45) is 0 Å². The number of likely N-dealkylation sites (tertiary alicyclic amines) is 1. The van der Waals surface area contributed by atoms with E-state index in [1.165, 1.54) is 25.6 Å². The van der Waals surface area contributed by atoms with Gasteiger partial charge in [-0.15, -0.1) is 0 Å². The summed E-state index contributed by atoms with van der Waals surface area (Å²) < 4.78 is 0. The lowest BCUT2D eigenvalue weighted by molar-refractivity contribution is 0.291. The predicted octanol–water partition coefficient (Wildman–Crippen LogP) is -0.174.